The Balaban J connectivity index is 0.000001000. The quantitative estimate of drug-likeness (QED) is 0.424. The molecule has 1 N–H and O–H groups in total. The number of rotatable bonds is 1. The molecule has 0 amide bonds. The third-order valence-electron chi connectivity index (χ3n) is 1.22. The van der Waals surface area contributed by atoms with E-state index in [-0.39, 0.29) is 29.6 Å². The van der Waals surface area contributed by atoms with Crippen molar-refractivity contribution < 1.29 is 38.3 Å². The van der Waals surface area contributed by atoms with Gasteiger partial charge in [-0.1, -0.05) is 17.7 Å². The predicted molar refractivity (Wildman–Crippen MR) is 40.2 cm³/mol. The van der Waals surface area contributed by atoms with Crippen LogP contribution in [0.25, 0.3) is 0 Å². The van der Waals surface area contributed by atoms with Gasteiger partial charge in [0.05, 0.1) is 4.90 Å². The van der Waals surface area contributed by atoms with Gasteiger partial charge in [0.1, 0.15) is 0 Å². The molecule has 54 valence electrons. The van der Waals surface area contributed by atoms with Crippen molar-refractivity contribution in [1.82, 2.24) is 0 Å². The molecule has 0 saturated heterocycles. The molecule has 2 nitrogen and oxygen atoms in total. The molecule has 0 fully saturated rings. The van der Waals surface area contributed by atoms with Crippen LogP contribution >= 0.6 is 0 Å². The van der Waals surface area contributed by atoms with Crippen molar-refractivity contribution in [3.63, 3.8) is 0 Å². The summed E-state index contributed by atoms with van der Waals surface area (Å²) in [6.45, 7) is 1.93. The first kappa shape index (κ1) is 11.3. The molecule has 0 aliphatic heterocycles. The molecule has 1 rings (SSSR count). The summed E-state index contributed by atoms with van der Waals surface area (Å²) in [5.74, 6) is 0. The van der Waals surface area contributed by atoms with E-state index in [1.807, 2.05) is 19.1 Å². The van der Waals surface area contributed by atoms with Gasteiger partial charge in [-0.2, -0.15) is 0 Å². The summed E-state index contributed by atoms with van der Waals surface area (Å²) < 4.78 is 19.0. The molecule has 1 atom stereocenters. The standard InChI is InChI=1S/C7H8O2S.Na/c1-6-2-4-7(5-3-6)10(8)9;/h2-5H,1H3,(H,8,9);/q;+1. The average molecular weight is 179 g/mol. The van der Waals surface area contributed by atoms with Crippen LogP contribution in [-0.4, -0.2) is 8.76 Å². The summed E-state index contributed by atoms with van der Waals surface area (Å²) in [6.07, 6.45) is 0. The van der Waals surface area contributed by atoms with E-state index < -0.39 is 11.1 Å². The summed E-state index contributed by atoms with van der Waals surface area (Å²) in [4.78, 5) is 0.450. The zero-order valence-corrected chi connectivity index (χ0v) is 9.39. The second-order valence-electron chi connectivity index (χ2n) is 2.06. The van der Waals surface area contributed by atoms with E-state index in [9.17, 15) is 4.21 Å². The first-order valence-electron chi connectivity index (χ1n) is 2.87. The maximum absolute atomic E-state index is 10.4. The van der Waals surface area contributed by atoms with Crippen molar-refractivity contribution in [1.29, 1.82) is 0 Å². The second kappa shape index (κ2) is 5.06. The molecule has 0 heterocycles. The van der Waals surface area contributed by atoms with Gasteiger partial charge >= 0.3 is 29.6 Å². The Morgan fingerprint density at radius 3 is 2.09 bits per heavy atom. The maximum Gasteiger partial charge on any atom is 1.00 e. The Morgan fingerprint density at radius 1 is 1.27 bits per heavy atom. The fraction of sp³-hybridized carbons (Fsp3) is 0.143. The maximum atomic E-state index is 10.4. The number of aryl methyl sites for hydroxylation is 1. The molecule has 1 unspecified atom stereocenters. The van der Waals surface area contributed by atoms with Crippen LogP contribution < -0.4 is 29.6 Å². The van der Waals surface area contributed by atoms with Gasteiger partial charge in [-0.05, 0) is 19.1 Å². The number of hydrogen-bond acceptors (Lipinski definition) is 1. The van der Waals surface area contributed by atoms with Crippen molar-refractivity contribution in [2.24, 2.45) is 0 Å². The molecule has 0 spiro atoms. The van der Waals surface area contributed by atoms with Gasteiger partial charge in [0.15, 0.2) is 11.1 Å². The van der Waals surface area contributed by atoms with Gasteiger partial charge in [0, 0.05) is 0 Å². The van der Waals surface area contributed by atoms with Crippen LogP contribution in [0.2, 0.25) is 0 Å². The van der Waals surface area contributed by atoms with Crippen LogP contribution in [0.3, 0.4) is 0 Å². The SMILES string of the molecule is Cc1ccc(S(=O)O)cc1.[Na+]. The van der Waals surface area contributed by atoms with Crippen LogP contribution in [-0.2, 0) is 11.1 Å². The molecular formula is C7H8NaO2S+. The zero-order chi connectivity index (χ0) is 7.56. The second-order valence-corrected chi connectivity index (χ2v) is 3.03. The fourth-order valence-corrected chi connectivity index (χ4v) is 1.02. The molecule has 4 heteroatoms. The Hall–Kier alpha value is 0.330. The van der Waals surface area contributed by atoms with Gasteiger partial charge in [-0.3, -0.25) is 0 Å². The molecule has 1 aromatic rings. The summed E-state index contributed by atoms with van der Waals surface area (Å²) in [7, 11) is 0. The minimum Gasteiger partial charge on any atom is -0.302 e. The van der Waals surface area contributed by atoms with Gasteiger partial charge in [-0.15, -0.1) is 0 Å². The Labute approximate surface area is 90.6 Å². The fourth-order valence-electron chi connectivity index (χ4n) is 0.655. The summed E-state index contributed by atoms with van der Waals surface area (Å²) in [6, 6.07) is 6.91. The van der Waals surface area contributed by atoms with E-state index in [4.69, 9.17) is 4.55 Å². The van der Waals surface area contributed by atoms with Crippen LogP contribution in [0.4, 0.5) is 0 Å². The van der Waals surface area contributed by atoms with E-state index >= 15 is 0 Å². The zero-order valence-electron chi connectivity index (χ0n) is 6.57. The minimum atomic E-state index is -1.84. The monoisotopic (exact) mass is 179 g/mol. The smallest absolute Gasteiger partial charge is 0.302 e. The van der Waals surface area contributed by atoms with Crippen molar-refractivity contribution in [3.8, 4) is 0 Å². The third kappa shape index (κ3) is 3.49. The van der Waals surface area contributed by atoms with Crippen LogP contribution in [0.15, 0.2) is 29.2 Å². The first-order chi connectivity index (χ1) is 4.70. The van der Waals surface area contributed by atoms with Gasteiger partial charge < -0.3 is 4.55 Å². The van der Waals surface area contributed by atoms with E-state index in [1.165, 1.54) is 0 Å². The van der Waals surface area contributed by atoms with E-state index in [0.717, 1.165) is 5.56 Å². The molecule has 0 bridgehead atoms. The van der Waals surface area contributed by atoms with E-state index in [0.29, 0.717) is 4.90 Å². The molecule has 0 aliphatic rings. The van der Waals surface area contributed by atoms with Gasteiger partial charge in [-0.25, -0.2) is 4.21 Å². The Kier molecular flexibility index (Phi) is 5.21. The Morgan fingerprint density at radius 2 is 1.73 bits per heavy atom. The van der Waals surface area contributed by atoms with Crippen molar-refractivity contribution >= 4 is 11.1 Å². The van der Waals surface area contributed by atoms with Gasteiger partial charge in [0.2, 0.25) is 0 Å². The van der Waals surface area contributed by atoms with Crippen LogP contribution in [0.1, 0.15) is 5.56 Å². The molecule has 0 saturated carbocycles. The molecule has 1 aromatic carbocycles. The van der Waals surface area contributed by atoms with E-state index in [2.05, 4.69) is 0 Å². The number of benzene rings is 1. The Bertz CT molecular complexity index is 245. The van der Waals surface area contributed by atoms with Crippen LogP contribution in [0.5, 0.6) is 0 Å². The number of hydrogen-bond donors (Lipinski definition) is 1. The first-order valence-corrected chi connectivity index (χ1v) is 3.98. The summed E-state index contributed by atoms with van der Waals surface area (Å²) in [5.41, 5.74) is 1.09. The van der Waals surface area contributed by atoms with Gasteiger partial charge in [0.25, 0.3) is 0 Å². The topological polar surface area (TPSA) is 37.3 Å². The largest absolute Gasteiger partial charge is 1.00 e. The van der Waals surface area contributed by atoms with Crippen molar-refractivity contribution in [3.05, 3.63) is 29.8 Å². The molecule has 0 radical (unpaired) electrons. The molecular weight excluding hydrogens is 171 g/mol. The third-order valence-corrected chi connectivity index (χ3v) is 1.90. The molecule has 0 aromatic heterocycles. The summed E-state index contributed by atoms with van der Waals surface area (Å²) >= 11 is -1.84. The average Bonchev–Trinajstić information content (AvgIpc) is 1.88. The van der Waals surface area contributed by atoms with Crippen LogP contribution in [0, 0.1) is 6.92 Å². The normalized spacial score (nSPS) is 11.8. The molecule has 11 heavy (non-hydrogen) atoms. The summed E-state index contributed by atoms with van der Waals surface area (Å²) in [5, 5.41) is 0. The van der Waals surface area contributed by atoms with Crippen molar-refractivity contribution in [2.75, 3.05) is 0 Å². The molecule has 0 aliphatic carbocycles. The van der Waals surface area contributed by atoms with Crippen molar-refractivity contribution in [2.45, 2.75) is 11.8 Å². The van der Waals surface area contributed by atoms with E-state index in [1.54, 1.807) is 12.1 Å². The predicted octanol–water partition coefficient (Wildman–Crippen LogP) is -1.42. The minimum absolute atomic E-state index is 0.